The first kappa shape index (κ1) is 12.5. The number of carbonyl (C=O) groups excluding carboxylic acids is 1. The molecule has 84 valence electrons. The van der Waals surface area contributed by atoms with E-state index < -0.39 is 5.82 Å². The summed E-state index contributed by atoms with van der Waals surface area (Å²) >= 11 is 1.41. The zero-order valence-electron chi connectivity index (χ0n) is 8.79. The predicted octanol–water partition coefficient (Wildman–Crippen LogP) is 1.68. The molecule has 5 heteroatoms. The minimum Gasteiger partial charge on any atom is -0.351 e. The summed E-state index contributed by atoms with van der Waals surface area (Å²) < 4.78 is 13.4. The number of thioether (sulfide) groups is 1. The van der Waals surface area contributed by atoms with E-state index in [1.807, 2.05) is 12.3 Å². The fraction of sp³-hybridized carbons (Fsp3) is 0.273. The van der Waals surface area contributed by atoms with Gasteiger partial charge in [0, 0.05) is 12.1 Å². The Labute approximate surface area is 97.6 Å². The van der Waals surface area contributed by atoms with E-state index in [2.05, 4.69) is 5.32 Å². The summed E-state index contributed by atoms with van der Waals surface area (Å²) in [6.07, 6.45) is 1.82. The Bertz CT molecular complexity index is 428. The molecule has 0 unspecified atom stereocenters. The summed E-state index contributed by atoms with van der Waals surface area (Å²) in [5, 5.41) is 11.1. The SMILES string of the molecule is CSCC(=O)NCc1ccc(C#N)cc1F. The number of halogens is 1. The number of nitriles is 1. The lowest BCUT2D eigenvalue weighted by Gasteiger charge is -2.05. The van der Waals surface area contributed by atoms with Crippen LogP contribution in [0.1, 0.15) is 11.1 Å². The van der Waals surface area contributed by atoms with Crippen LogP contribution in [0.4, 0.5) is 4.39 Å². The maximum atomic E-state index is 13.4. The van der Waals surface area contributed by atoms with E-state index in [4.69, 9.17) is 5.26 Å². The van der Waals surface area contributed by atoms with Crippen LogP contribution in [0.3, 0.4) is 0 Å². The predicted molar refractivity (Wildman–Crippen MR) is 61.3 cm³/mol. The fourth-order valence-corrected chi connectivity index (χ4v) is 1.50. The Morgan fingerprint density at radius 3 is 2.94 bits per heavy atom. The molecule has 0 radical (unpaired) electrons. The minimum atomic E-state index is -0.469. The monoisotopic (exact) mass is 238 g/mol. The first-order chi connectivity index (χ1) is 7.67. The van der Waals surface area contributed by atoms with Gasteiger partial charge in [0.05, 0.1) is 17.4 Å². The number of benzene rings is 1. The molecule has 1 N–H and O–H groups in total. The van der Waals surface area contributed by atoms with E-state index in [1.165, 1.54) is 23.9 Å². The Morgan fingerprint density at radius 2 is 2.38 bits per heavy atom. The van der Waals surface area contributed by atoms with E-state index in [9.17, 15) is 9.18 Å². The second-order valence-corrected chi connectivity index (χ2v) is 3.99. The van der Waals surface area contributed by atoms with Crippen LogP contribution in [-0.2, 0) is 11.3 Å². The Morgan fingerprint density at radius 1 is 1.62 bits per heavy atom. The van der Waals surface area contributed by atoms with Gasteiger partial charge in [0.15, 0.2) is 0 Å². The first-order valence-electron chi connectivity index (χ1n) is 4.61. The smallest absolute Gasteiger partial charge is 0.230 e. The highest BCUT2D eigenvalue weighted by Crippen LogP contribution is 2.09. The highest BCUT2D eigenvalue weighted by molar-refractivity contribution is 7.99. The third kappa shape index (κ3) is 3.55. The van der Waals surface area contributed by atoms with Crippen molar-refractivity contribution in [1.29, 1.82) is 5.26 Å². The van der Waals surface area contributed by atoms with Gasteiger partial charge < -0.3 is 5.32 Å². The van der Waals surface area contributed by atoms with Gasteiger partial charge in [0.25, 0.3) is 0 Å². The van der Waals surface area contributed by atoms with E-state index in [1.54, 1.807) is 0 Å². The topological polar surface area (TPSA) is 52.9 Å². The number of nitrogens with zero attached hydrogens (tertiary/aromatic N) is 1. The van der Waals surface area contributed by atoms with Gasteiger partial charge in [-0.3, -0.25) is 4.79 Å². The summed E-state index contributed by atoms with van der Waals surface area (Å²) in [4.78, 5) is 11.1. The van der Waals surface area contributed by atoms with Crippen LogP contribution in [0.15, 0.2) is 18.2 Å². The zero-order chi connectivity index (χ0) is 12.0. The average Bonchev–Trinajstić information content (AvgIpc) is 2.27. The number of amides is 1. The van der Waals surface area contributed by atoms with Crippen LogP contribution < -0.4 is 5.32 Å². The molecule has 0 saturated heterocycles. The van der Waals surface area contributed by atoms with Crippen molar-refractivity contribution in [2.75, 3.05) is 12.0 Å². The third-order valence-electron chi connectivity index (χ3n) is 1.93. The molecule has 0 aliphatic carbocycles. The molecule has 1 amide bonds. The molecule has 0 aliphatic heterocycles. The highest BCUT2D eigenvalue weighted by Gasteiger charge is 2.05. The Balaban J connectivity index is 2.62. The van der Waals surface area contributed by atoms with Crippen LogP contribution in [0.25, 0.3) is 0 Å². The molecule has 1 aromatic rings. The van der Waals surface area contributed by atoms with Crippen molar-refractivity contribution in [3.8, 4) is 6.07 Å². The summed E-state index contributed by atoms with van der Waals surface area (Å²) in [5.74, 6) is -0.238. The lowest BCUT2D eigenvalue weighted by Crippen LogP contribution is -2.24. The molecule has 16 heavy (non-hydrogen) atoms. The molecule has 1 rings (SSSR count). The molecule has 3 nitrogen and oxygen atoms in total. The van der Waals surface area contributed by atoms with Crippen LogP contribution in [0.5, 0.6) is 0 Å². The maximum absolute atomic E-state index is 13.4. The van der Waals surface area contributed by atoms with Crippen LogP contribution >= 0.6 is 11.8 Å². The van der Waals surface area contributed by atoms with Crippen molar-refractivity contribution in [2.24, 2.45) is 0 Å². The van der Waals surface area contributed by atoms with Gasteiger partial charge in [-0.25, -0.2) is 4.39 Å². The molecule has 0 aromatic heterocycles. The van der Waals surface area contributed by atoms with Gasteiger partial charge in [-0.05, 0) is 18.4 Å². The first-order valence-corrected chi connectivity index (χ1v) is 6.01. The number of hydrogen-bond acceptors (Lipinski definition) is 3. The van der Waals surface area contributed by atoms with Crippen molar-refractivity contribution in [2.45, 2.75) is 6.54 Å². The summed E-state index contributed by atoms with van der Waals surface area (Å²) in [6.45, 7) is 0.150. The maximum Gasteiger partial charge on any atom is 0.230 e. The van der Waals surface area contributed by atoms with Crippen molar-refractivity contribution in [3.63, 3.8) is 0 Å². The molecule has 0 heterocycles. The normalized spacial score (nSPS) is 9.56. The van der Waals surface area contributed by atoms with E-state index in [0.29, 0.717) is 11.3 Å². The number of nitrogens with one attached hydrogen (secondary N) is 1. The summed E-state index contributed by atoms with van der Waals surface area (Å²) in [7, 11) is 0. The molecule has 0 spiro atoms. The molecule has 0 saturated carbocycles. The quantitative estimate of drug-likeness (QED) is 0.868. The van der Waals surface area contributed by atoms with Gasteiger partial charge in [0.2, 0.25) is 5.91 Å². The van der Waals surface area contributed by atoms with Crippen molar-refractivity contribution < 1.29 is 9.18 Å². The van der Waals surface area contributed by atoms with Crippen LogP contribution in [0, 0.1) is 17.1 Å². The molecule has 0 bridgehead atoms. The standard InChI is InChI=1S/C11H11FN2OS/c1-16-7-11(15)14-6-9-3-2-8(5-13)4-10(9)12/h2-4H,6-7H2,1H3,(H,14,15). The second kappa shape index (κ2) is 6.13. The van der Waals surface area contributed by atoms with Gasteiger partial charge in [-0.2, -0.15) is 17.0 Å². The van der Waals surface area contributed by atoms with Crippen LogP contribution in [-0.4, -0.2) is 17.9 Å². The second-order valence-electron chi connectivity index (χ2n) is 3.13. The largest absolute Gasteiger partial charge is 0.351 e. The molecule has 0 aliphatic rings. The molecule has 0 fully saturated rings. The van der Waals surface area contributed by atoms with E-state index >= 15 is 0 Å². The highest BCUT2D eigenvalue weighted by atomic mass is 32.2. The average molecular weight is 238 g/mol. The Hall–Kier alpha value is -1.54. The molecule has 0 atom stereocenters. The van der Waals surface area contributed by atoms with Gasteiger partial charge in [-0.1, -0.05) is 6.07 Å². The molecular weight excluding hydrogens is 227 g/mol. The summed E-state index contributed by atoms with van der Waals surface area (Å²) in [6, 6.07) is 6.05. The van der Waals surface area contributed by atoms with Gasteiger partial charge in [0.1, 0.15) is 5.82 Å². The lowest BCUT2D eigenvalue weighted by atomic mass is 10.1. The fourth-order valence-electron chi connectivity index (χ4n) is 1.14. The van der Waals surface area contributed by atoms with Crippen molar-refractivity contribution >= 4 is 17.7 Å². The van der Waals surface area contributed by atoms with E-state index in [0.717, 1.165) is 6.07 Å². The van der Waals surface area contributed by atoms with Crippen molar-refractivity contribution in [3.05, 3.63) is 35.1 Å². The van der Waals surface area contributed by atoms with Crippen LogP contribution in [0.2, 0.25) is 0 Å². The van der Waals surface area contributed by atoms with Crippen molar-refractivity contribution in [1.82, 2.24) is 5.32 Å². The number of carbonyl (C=O) groups is 1. The van der Waals surface area contributed by atoms with E-state index in [-0.39, 0.29) is 18.0 Å². The van der Waals surface area contributed by atoms with Gasteiger partial charge in [-0.15, -0.1) is 0 Å². The number of hydrogen-bond donors (Lipinski definition) is 1. The third-order valence-corrected chi connectivity index (χ3v) is 2.48. The minimum absolute atomic E-state index is 0.128. The Kier molecular flexibility index (Phi) is 4.80. The molecular formula is C11H11FN2OS. The zero-order valence-corrected chi connectivity index (χ0v) is 9.60. The lowest BCUT2D eigenvalue weighted by molar-refractivity contribution is -0.118. The van der Waals surface area contributed by atoms with Gasteiger partial charge >= 0.3 is 0 Å². The molecule has 1 aromatic carbocycles. The number of rotatable bonds is 4. The summed E-state index contributed by atoms with van der Waals surface area (Å²) in [5.41, 5.74) is 0.658.